The lowest BCUT2D eigenvalue weighted by Gasteiger charge is -2.03. The lowest BCUT2D eigenvalue weighted by atomic mass is 10.1. The first-order chi connectivity index (χ1) is 9.31. The van der Waals surface area contributed by atoms with Crippen molar-refractivity contribution in [1.82, 2.24) is 10.1 Å². The zero-order valence-corrected chi connectivity index (χ0v) is 10.6. The zero-order valence-electron chi connectivity index (χ0n) is 10.6. The van der Waals surface area contributed by atoms with Gasteiger partial charge in [-0.15, -0.1) is 0 Å². The highest BCUT2D eigenvalue weighted by atomic mass is 16.5. The van der Waals surface area contributed by atoms with E-state index in [0.717, 1.165) is 18.4 Å². The molecule has 0 bridgehead atoms. The first-order valence-corrected chi connectivity index (χ1v) is 6.38. The Morgan fingerprint density at radius 1 is 1.53 bits per heavy atom. The molecular formula is C14H14N2O3. The van der Waals surface area contributed by atoms with Crippen LogP contribution in [-0.2, 0) is 4.74 Å². The number of hydrogen-bond donors (Lipinski definition) is 0. The second-order valence-corrected chi connectivity index (χ2v) is 4.51. The standard InChI is InChI=1S/C14H14N2O3/c1-2-18-14(17)11-12(10-4-3-7-15-8-10)16-19-13(11)9-5-6-9/h3-4,7-9H,2,5-6H2,1H3. The van der Waals surface area contributed by atoms with Crippen LogP contribution in [0, 0.1) is 0 Å². The van der Waals surface area contributed by atoms with Crippen LogP contribution in [0.25, 0.3) is 11.3 Å². The number of carbonyl (C=O) groups is 1. The minimum Gasteiger partial charge on any atom is -0.462 e. The smallest absolute Gasteiger partial charge is 0.344 e. The Morgan fingerprint density at radius 2 is 2.37 bits per heavy atom. The lowest BCUT2D eigenvalue weighted by molar-refractivity contribution is 0.0524. The number of aromatic nitrogens is 2. The van der Waals surface area contributed by atoms with E-state index in [4.69, 9.17) is 9.26 Å². The van der Waals surface area contributed by atoms with Crippen molar-refractivity contribution in [2.24, 2.45) is 0 Å². The molecule has 2 aromatic heterocycles. The maximum absolute atomic E-state index is 12.1. The average Bonchev–Trinajstić information content (AvgIpc) is 3.18. The van der Waals surface area contributed by atoms with E-state index >= 15 is 0 Å². The van der Waals surface area contributed by atoms with Gasteiger partial charge in [0, 0.05) is 23.9 Å². The van der Waals surface area contributed by atoms with Gasteiger partial charge in [0.25, 0.3) is 0 Å². The van der Waals surface area contributed by atoms with Crippen LogP contribution >= 0.6 is 0 Å². The van der Waals surface area contributed by atoms with Crippen LogP contribution in [0.15, 0.2) is 29.0 Å². The summed E-state index contributed by atoms with van der Waals surface area (Å²) in [6.07, 6.45) is 5.41. The molecular weight excluding hydrogens is 244 g/mol. The number of ether oxygens (including phenoxy) is 1. The number of pyridine rings is 1. The van der Waals surface area contributed by atoms with Gasteiger partial charge in [0.1, 0.15) is 11.3 Å². The summed E-state index contributed by atoms with van der Waals surface area (Å²) in [5.41, 5.74) is 1.74. The summed E-state index contributed by atoms with van der Waals surface area (Å²) in [7, 11) is 0. The minimum atomic E-state index is -0.371. The van der Waals surface area contributed by atoms with Crippen molar-refractivity contribution in [2.45, 2.75) is 25.7 Å². The Balaban J connectivity index is 2.07. The Hall–Kier alpha value is -2.17. The van der Waals surface area contributed by atoms with Crippen molar-refractivity contribution in [3.8, 4) is 11.3 Å². The molecule has 5 nitrogen and oxygen atoms in total. The molecule has 0 saturated heterocycles. The third-order valence-electron chi connectivity index (χ3n) is 3.08. The van der Waals surface area contributed by atoms with E-state index in [-0.39, 0.29) is 5.97 Å². The highest BCUT2D eigenvalue weighted by Crippen LogP contribution is 2.44. The molecule has 0 amide bonds. The first kappa shape index (κ1) is 11.9. The fraction of sp³-hybridized carbons (Fsp3) is 0.357. The number of carbonyl (C=O) groups excluding carboxylic acids is 1. The normalized spacial score (nSPS) is 14.4. The van der Waals surface area contributed by atoms with Crippen LogP contribution in [0.2, 0.25) is 0 Å². The molecule has 0 aromatic carbocycles. The topological polar surface area (TPSA) is 65.2 Å². The van der Waals surface area contributed by atoms with E-state index in [2.05, 4.69) is 10.1 Å². The number of nitrogens with zero attached hydrogens (tertiary/aromatic N) is 2. The van der Waals surface area contributed by atoms with E-state index in [1.54, 1.807) is 25.4 Å². The SMILES string of the molecule is CCOC(=O)c1c(-c2cccnc2)noc1C1CC1. The molecule has 3 rings (SSSR count). The summed E-state index contributed by atoms with van der Waals surface area (Å²) in [4.78, 5) is 16.2. The summed E-state index contributed by atoms with van der Waals surface area (Å²) < 4.78 is 10.5. The zero-order chi connectivity index (χ0) is 13.2. The molecule has 98 valence electrons. The molecule has 1 saturated carbocycles. The molecule has 0 aliphatic heterocycles. The molecule has 1 aliphatic rings. The van der Waals surface area contributed by atoms with Gasteiger partial charge in [-0.3, -0.25) is 4.98 Å². The Kier molecular flexibility index (Phi) is 3.03. The van der Waals surface area contributed by atoms with Crippen molar-refractivity contribution >= 4 is 5.97 Å². The van der Waals surface area contributed by atoms with Crippen molar-refractivity contribution in [3.05, 3.63) is 35.9 Å². The van der Waals surface area contributed by atoms with Crippen LogP contribution in [0.3, 0.4) is 0 Å². The van der Waals surface area contributed by atoms with Gasteiger partial charge in [0.15, 0.2) is 5.76 Å². The van der Waals surface area contributed by atoms with Gasteiger partial charge >= 0.3 is 5.97 Å². The second kappa shape index (κ2) is 4.84. The molecule has 0 radical (unpaired) electrons. The minimum absolute atomic E-state index is 0.303. The molecule has 0 unspecified atom stereocenters. The van der Waals surface area contributed by atoms with Gasteiger partial charge in [0.05, 0.1) is 6.61 Å². The third kappa shape index (κ3) is 2.23. The fourth-order valence-corrected chi connectivity index (χ4v) is 2.03. The van der Waals surface area contributed by atoms with Crippen molar-refractivity contribution < 1.29 is 14.1 Å². The summed E-state index contributed by atoms with van der Waals surface area (Å²) in [5, 5.41) is 4.04. The van der Waals surface area contributed by atoms with Crippen molar-refractivity contribution in [1.29, 1.82) is 0 Å². The summed E-state index contributed by atoms with van der Waals surface area (Å²) in [6, 6.07) is 3.65. The number of rotatable bonds is 4. The van der Waals surface area contributed by atoms with Crippen molar-refractivity contribution in [2.75, 3.05) is 6.61 Å². The predicted octanol–water partition coefficient (Wildman–Crippen LogP) is 2.79. The summed E-state index contributed by atoms with van der Waals surface area (Å²) >= 11 is 0. The van der Waals surface area contributed by atoms with E-state index in [0.29, 0.717) is 29.5 Å². The van der Waals surface area contributed by atoms with Crippen LogP contribution in [0.5, 0.6) is 0 Å². The lowest BCUT2D eigenvalue weighted by Crippen LogP contribution is -2.07. The fourth-order valence-electron chi connectivity index (χ4n) is 2.03. The van der Waals surface area contributed by atoms with Crippen molar-refractivity contribution in [3.63, 3.8) is 0 Å². The maximum Gasteiger partial charge on any atom is 0.344 e. The molecule has 1 fully saturated rings. The average molecular weight is 258 g/mol. The molecule has 2 aromatic rings. The van der Waals surface area contributed by atoms with E-state index < -0.39 is 0 Å². The molecule has 2 heterocycles. The monoisotopic (exact) mass is 258 g/mol. The largest absolute Gasteiger partial charge is 0.462 e. The van der Waals surface area contributed by atoms with Gasteiger partial charge < -0.3 is 9.26 Å². The molecule has 0 atom stereocenters. The molecule has 5 heteroatoms. The highest BCUT2D eigenvalue weighted by molar-refractivity contribution is 5.97. The van der Waals surface area contributed by atoms with E-state index in [1.165, 1.54) is 0 Å². The maximum atomic E-state index is 12.1. The van der Waals surface area contributed by atoms with Gasteiger partial charge in [-0.25, -0.2) is 4.79 Å². The molecule has 0 spiro atoms. The first-order valence-electron chi connectivity index (χ1n) is 6.38. The van der Waals surface area contributed by atoms with Crippen LogP contribution in [0.1, 0.15) is 41.8 Å². The van der Waals surface area contributed by atoms with Gasteiger partial charge in [-0.2, -0.15) is 0 Å². The predicted molar refractivity (Wildman–Crippen MR) is 67.7 cm³/mol. The van der Waals surface area contributed by atoms with Crippen LogP contribution in [-0.4, -0.2) is 22.7 Å². The number of hydrogen-bond acceptors (Lipinski definition) is 5. The van der Waals surface area contributed by atoms with E-state index in [1.807, 2.05) is 6.07 Å². The third-order valence-corrected chi connectivity index (χ3v) is 3.08. The Labute approximate surface area is 110 Å². The second-order valence-electron chi connectivity index (χ2n) is 4.51. The van der Waals surface area contributed by atoms with Gasteiger partial charge in [0.2, 0.25) is 0 Å². The van der Waals surface area contributed by atoms with Crippen LogP contribution < -0.4 is 0 Å². The Bertz CT molecular complexity index is 588. The number of esters is 1. The van der Waals surface area contributed by atoms with Gasteiger partial charge in [-0.1, -0.05) is 5.16 Å². The Morgan fingerprint density at radius 3 is 3.00 bits per heavy atom. The highest BCUT2D eigenvalue weighted by Gasteiger charge is 2.35. The van der Waals surface area contributed by atoms with Crippen LogP contribution in [0.4, 0.5) is 0 Å². The molecule has 1 aliphatic carbocycles. The quantitative estimate of drug-likeness (QED) is 0.789. The molecule has 0 N–H and O–H groups in total. The summed E-state index contributed by atoms with van der Waals surface area (Å²) in [5.74, 6) is 0.583. The van der Waals surface area contributed by atoms with Gasteiger partial charge in [-0.05, 0) is 31.9 Å². The van der Waals surface area contributed by atoms with E-state index in [9.17, 15) is 4.79 Å². The molecule has 19 heavy (non-hydrogen) atoms. The summed E-state index contributed by atoms with van der Waals surface area (Å²) in [6.45, 7) is 2.12.